The zero-order valence-electron chi connectivity index (χ0n) is 6.99. The van der Waals surface area contributed by atoms with Crippen LogP contribution in [0, 0.1) is 0 Å². The molecule has 0 atom stereocenters. The van der Waals surface area contributed by atoms with Gasteiger partial charge in [0.05, 0.1) is 22.6 Å². The second kappa shape index (κ2) is 3.30. The minimum atomic E-state index is 0.771. The molecule has 0 aliphatic rings. The lowest BCUT2D eigenvalue weighted by Gasteiger charge is -2.03. The molecule has 0 saturated heterocycles. The number of aromatic nitrogens is 2. The number of fused-ring (bicyclic) bond motifs is 1. The van der Waals surface area contributed by atoms with Crippen molar-refractivity contribution in [3.8, 4) is 5.75 Å². The maximum Gasteiger partial charge on any atom is 0.135 e. The summed E-state index contributed by atoms with van der Waals surface area (Å²) in [5, 5.41) is 0. The van der Waals surface area contributed by atoms with Crippen LogP contribution in [0.4, 0.5) is 0 Å². The van der Waals surface area contributed by atoms with Crippen LogP contribution in [-0.2, 0) is 0 Å². The highest BCUT2D eigenvalue weighted by Crippen LogP contribution is 2.27. The van der Waals surface area contributed by atoms with E-state index in [1.165, 1.54) is 0 Å². The van der Waals surface area contributed by atoms with Gasteiger partial charge in [-0.1, -0.05) is 0 Å². The number of ether oxygens (including phenoxy) is 1. The SMILES string of the molecule is COc1cc2nccnc2cc1Br. The van der Waals surface area contributed by atoms with Crippen molar-refractivity contribution in [1.82, 2.24) is 9.97 Å². The first-order chi connectivity index (χ1) is 6.31. The number of rotatable bonds is 1. The van der Waals surface area contributed by atoms with Gasteiger partial charge in [0.25, 0.3) is 0 Å². The summed E-state index contributed by atoms with van der Waals surface area (Å²) < 4.78 is 6.03. The Bertz CT molecular complexity index is 445. The Labute approximate surface area is 83.9 Å². The standard InChI is InChI=1S/C9H7BrN2O/c1-13-9-5-8-7(4-6(9)10)11-2-3-12-8/h2-5H,1H3. The van der Waals surface area contributed by atoms with E-state index in [-0.39, 0.29) is 0 Å². The van der Waals surface area contributed by atoms with Crippen LogP contribution in [0.2, 0.25) is 0 Å². The fraction of sp³-hybridized carbons (Fsp3) is 0.111. The normalized spacial score (nSPS) is 10.3. The van der Waals surface area contributed by atoms with E-state index in [9.17, 15) is 0 Å². The zero-order valence-corrected chi connectivity index (χ0v) is 8.58. The molecular weight excluding hydrogens is 232 g/mol. The summed E-state index contributed by atoms with van der Waals surface area (Å²) in [6, 6.07) is 3.74. The lowest BCUT2D eigenvalue weighted by Crippen LogP contribution is -1.87. The van der Waals surface area contributed by atoms with Crippen LogP contribution in [0.5, 0.6) is 5.75 Å². The van der Waals surface area contributed by atoms with Crippen molar-refractivity contribution in [2.24, 2.45) is 0 Å². The fourth-order valence-electron chi connectivity index (χ4n) is 1.12. The highest BCUT2D eigenvalue weighted by atomic mass is 79.9. The summed E-state index contributed by atoms with van der Waals surface area (Å²) >= 11 is 3.38. The molecular formula is C9H7BrN2O. The summed E-state index contributed by atoms with van der Waals surface area (Å²) in [6.45, 7) is 0. The van der Waals surface area contributed by atoms with Crippen molar-refractivity contribution in [3.63, 3.8) is 0 Å². The van der Waals surface area contributed by atoms with Gasteiger partial charge in [-0.05, 0) is 22.0 Å². The van der Waals surface area contributed by atoms with E-state index in [4.69, 9.17) is 4.74 Å². The minimum absolute atomic E-state index is 0.771. The minimum Gasteiger partial charge on any atom is -0.495 e. The van der Waals surface area contributed by atoms with Crippen molar-refractivity contribution >= 4 is 27.0 Å². The van der Waals surface area contributed by atoms with Gasteiger partial charge in [-0.15, -0.1) is 0 Å². The molecule has 0 unspecified atom stereocenters. The molecule has 1 heterocycles. The lowest BCUT2D eigenvalue weighted by atomic mass is 10.3. The largest absolute Gasteiger partial charge is 0.495 e. The molecule has 0 spiro atoms. The highest BCUT2D eigenvalue weighted by Gasteiger charge is 2.03. The molecule has 0 aliphatic carbocycles. The molecule has 0 bridgehead atoms. The third-order valence-electron chi connectivity index (χ3n) is 1.74. The number of benzene rings is 1. The quantitative estimate of drug-likeness (QED) is 0.766. The molecule has 0 radical (unpaired) electrons. The summed E-state index contributed by atoms with van der Waals surface area (Å²) in [5.41, 5.74) is 1.69. The van der Waals surface area contributed by atoms with Gasteiger partial charge in [-0.2, -0.15) is 0 Å². The number of hydrogen-bond donors (Lipinski definition) is 0. The number of methoxy groups -OCH3 is 1. The van der Waals surface area contributed by atoms with Gasteiger partial charge in [0.2, 0.25) is 0 Å². The van der Waals surface area contributed by atoms with Crippen LogP contribution < -0.4 is 4.74 Å². The van der Waals surface area contributed by atoms with E-state index in [2.05, 4.69) is 25.9 Å². The summed E-state index contributed by atoms with van der Waals surface area (Å²) in [5.74, 6) is 0.771. The Morgan fingerprint density at radius 1 is 1.15 bits per heavy atom. The molecule has 1 aromatic heterocycles. The van der Waals surface area contributed by atoms with Crippen molar-refractivity contribution in [1.29, 1.82) is 0 Å². The molecule has 0 amide bonds. The smallest absolute Gasteiger partial charge is 0.135 e. The summed E-state index contributed by atoms with van der Waals surface area (Å²) in [4.78, 5) is 8.34. The molecule has 0 saturated carbocycles. The van der Waals surface area contributed by atoms with Crippen LogP contribution in [0.25, 0.3) is 11.0 Å². The second-order valence-corrected chi connectivity index (χ2v) is 3.39. The molecule has 2 aromatic rings. The molecule has 4 heteroatoms. The van der Waals surface area contributed by atoms with Gasteiger partial charge >= 0.3 is 0 Å². The average Bonchev–Trinajstić information content (AvgIpc) is 2.17. The fourth-order valence-corrected chi connectivity index (χ4v) is 1.62. The van der Waals surface area contributed by atoms with Crippen molar-refractivity contribution in [3.05, 3.63) is 29.0 Å². The third kappa shape index (κ3) is 1.49. The van der Waals surface area contributed by atoms with Crippen LogP contribution >= 0.6 is 15.9 Å². The maximum absolute atomic E-state index is 5.14. The van der Waals surface area contributed by atoms with Gasteiger partial charge in [0.1, 0.15) is 5.75 Å². The van der Waals surface area contributed by atoms with Crippen molar-refractivity contribution in [2.45, 2.75) is 0 Å². The van der Waals surface area contributed by atoms with Crippen LogP contribution in [0.1, 0.15) is 0 Å². The summed E-state index contributed by atoms with van der Waals surface area (Å²) in [6.07, 6.45) is 3.33. The topological polar surface area (TPSA) is 35.0 Å². The van der Waals surface area contributed by atoms with E-state index in [0.29, 0.717) is 0 Å². The zero-order chi connectivity index (χ0) is 9.26. The van der Waals surface area contributed by atoms with Gasteiger partial charge < -0.3 is 4.74 Å². The monoisotopic (exact) mass is 238 g/mol. The lowest BCUT2D eigenvalue weighted by molar-refractivity contribution is 0.412. The Morgan fingerprint density at radius 2 is 1.77 bits per heavy atom. The molecule has 0 aliphatic heterocycles. The first kappa shape index (κ1) is 8.44. The number of halogens is 1. The van der Waals surface area contributed by atoms with E-state index < -0.39 is 0 Å². The average molecular weight is 239 g/mol. The molecule has 13 heavy (non-hydrogen) atoms. The number of nitrogens with zero attached hydrogens (tertiary/aromatic N) is 2. The Kier molecular flexibility index (Phi) is 2.14. The van der Waals surface area contributed by atoms with Gasteiger partial charge in [-0.3, -0.25) is 9.97 Å². The van der Waals surface area contributed by atoms with Crippen LogP contribution in [0.3, 0.4) is 0 Å². The molecule has 2 rings (SSSR count). The summed E-state index contributed by atoms with van der Waals surface area (Å²) in [7, 11) is 1.63. The third-order valence-corrected chi connectivity index (χ3v) is 2.36. The second-order valence-electron chi connectivity index (χ2n) is 2.53. The number of hydrogen-bond acceptors (Lipinski definition) is 3. The Hall–Kier alpha value is -1.16. The Balaban J connectivity index is 2.74. The van der Waals surface area contributed by atoms with E-state index in [1.54, 1.807) is 19.5 Å². The molecule has 0 N–H and O–H groups in total. The molecule has 66 valence electrons. The predicted octanol–water partition coefficient (Wildman–Crippen LogP) is 2.40. The van der Waals surface area contributed by atoms with Gasteiger partial charge in [0.15, 0.2) is 0 Å². The van der Waals surface area contributed by atoms with Gasteiger partial charge in [-0.25, -0.2) is 0 Å². The van der Waals surface area contributed by atoms with E-state index in [0.717, 1.165) is 21.3 Å². The Morgan fingerprint density at radius 3 is 2.38 bits per heavy atom. The van der Waals surface area contributed by atoms with E-state index in [1.807, 2.05) is 12.1 Å². The van der Waals surface area contributed by atoms with Crippen LogP contribution in [0.15, 0.2) is 29.0 Å². The molecule has 3 nitrogen and oxygen atoms in total. The molecule has 1 aromatic carbocycles. The highest BCUT2D eigenvalue weighted by molar-refractivity contribution is 9.10. The first-order valence-electron chi connectivity index (χ1n) is 3.75. The predicted molar refractivity (Wildman–Crippen MR) is 53.8 cm³/mol. The van der Waals surface area contributed by atoms with Crippen LogP contribution in [-0.4, -0.2) is 17.1 Å². The van der Waals surface area contributed by atoms with Crippen molar-refractivity contribution in [2.75, 3.05) is 7.11 Å². The van der Waals surface area contributed by atoms with Gasteiger partial charge in [0, 0.05) is 18.5 Å². The van der Waals surface area contributed by atoms with Crippen molar-refractivity contribution < 1.29 is 4.74 Å². The first-order valence-corrected chi connectivity index (χ1v) is 4.55. The maximum atomic E-state index is 5.14. The molecule has 0 fully saturated rings. The van der Waals surface area contributed by atoms with E-state index >= 15 is 0 Å².